The van der Waals surface area contributed by atoms with Crippen molar-refractivity contribution < 1.29 is 14.6 Å². The molecule has 5 heteroatoms. The van der Waals surface area contributed by atoms with E-state index in [0.29, 0.717) is 12.8 Å². The van der Waals surface area contributed by atoms with Crippen LogP contribution in [0.1, 0.15) is 12.1 Å². The standard InChI is InChI=1S/C12H18N2O3/c1-17-9-11(15)8-14-12(16)6-5-10-4-2-3-7-13-10/h2-4,7,11,15H,5-6,8-9H2,1H3,(H,14,16). The number of nitrogens with zero attached hydrogens (tertiary/aromatic N) is 1. The lowest BCUT2D eigenvalue weighted by atomic mass is 10.2. The number of hydrogen-bond acceptors (Lipinski definition) is 4. The van der Waals surface area contributed by atoms with Crippen LogP contribution in [-0.2, 0) is 16.0 Å². The molecule has 0 radical (unpaired) electrons. The molecule has 1 unspecified atom stereocenters. The lowest BCUT2D eigenvalue weighted by Crippen LogP contribution is -2.34. The smallest absolute Gasteiger partial charge is 0.220 e. The maximum absolute atomic E-state index is 11.4. The van der Waals surface area contributed by atoms with E-state index in [1.165, 1.54) is 7.11 Å². The van der Waals surface area contributed by atoms with Gasteiger partial charge in [0.1, 0.15) is 0 Å². The number of carbonyl (C=O) groups is 1. The zero-order valence-corrected chi connectivity index (χ0v) is 9.93. The van der Waals surface area contributed by atoms with Crippen molar-refractivity contribution >= 4 is 5.91 Å². The molecule has 5 nitrogen and oxygen atoms in total. The van der Waals surface area contributed by atoms with E-state index in [9.17, 15) is 9.90 Å². The van der Waals surface area contributed by atoms with Gasteiger partial charge in [0, 0.05) is 32.0 Å². The number of amides is 1. The molecule has 0 saturated carbocycles. The molecule has 17 heavy (non-hydrogen) atoms. The zero-order chi connectivity index (χ0) is 12.5. The largest absolute Gasteiger partial charge is 0.389 e. The van der Waals surface area contributed by atoms with Gasteiger partial charge in [-0.1, -0.05) is 6.07 Å². The summed E-state index contributed by atoms with van der Waals surface area (Å²) in [4.78, 5) is 15.6. The number of aliphatic hydroxyl groups is 1. The van der Waals surface area contributed by atoms with Crippen molar-refractivity contribution in [2.45, 2.75) is 18.9 Å². The van der Waals surface area contributed by atoms with E-state index < -0.39 is 6.10 Å². The summed E-state index contributed by atoms with van der Waals surface area (Å²) in [5.74, 6) is -0.0918. The number of ether oxygens (including phenoxy) is 1. The fraction of sp³-hybridized carbons (Fsp3) is 0.500. The minimum Gasteiger partial charge on any atom is -0.389 e. The van der Waals surface area contributed by atoms with Crippen LogP contribution < -0.4 is 5.32 Å². The van der Waals surface area contributed by atoms with Crippen molar-refractivity contribution in [2.24, 2.45) is 0 Å². The van der Waals surface area contributed by atoms with Crippen LogP contribution in [-0.4, -0.2) is 42.4 Å². The Morgan fingerprint density at radius 1 is 1.59 bits per heavy atom. The highest BCUT2D eigenvalue weighted by molar-refractivity contribution is 5.76. The number of aryl methyl sites for hydroxylation is 1. The predicted octanol–water partition coefficient (Wildman–Crippen LogP) is 0.138. The maximum Gasteiger partial charge on any atom is 0.220 e. The van der Waals surface area contributed by atoms with Gasteiger partial charge in [-0.2, -0.15) is 0 Å². The van der Waals surface area contributed by atoms with Crippen LogP contribution in [0.4, 0.5) is 0 Å². The number of hydrogen-bond donors (Lipinski definition) is 2. The van der Waals surface area contributed by atoms with Crippen molar-refractivity contribution in [1.82, 2.24) is 10.3 Å². The minimum atomic E-state index is -0.654. The summed E-state index contributed by atoms with van der Waals surface area (Å²) in [7, 11) is 1.51. The van der Waals surface area contributed by atoms with Gasteiger partial charge in [0.05, 0.1) is 12.7 Å². The Balaban J connectivity index is 2.17. The third-order valence-corrected chi connectivity index (χ3v) is 2.23. The second-order valence-corrected chi connectivity index (χ2v) is 3.73. The van der Waals surface area contributed by atoms with Gasteiger partial charge in [-0.15, -0.1) is 0 Å². The number of methoxy groups -OCH3 is 1. The van der Waals surface area contributed by atoms with Gasteiger partial charge in [0.15, 0.2) is 0 Å². The van der Waals surface area contributed by atoms with Gasteiger partial charge in [0.2, 0.25) is 5.91 Å². The minimum absolute atomic E-state index is 0.0918. The molecule has 1 rings (SSSR count). The normalized spacial score (nSPS) is 12.1. The summed E-state index contributed by atoms with van der Waals surface area (Å²) in [6.07, 6.45) is 2.03. The van der Waals surface area contributed by atoms with Crippen molar-refractivity contribution in [3.63, 3.8) is 0 Å². The van der Waals surface area contributed by atoms with Crippen LogP contribution in [0.5, 0.6) is 0 Å². The Morgan fingerprint density at radius 3 is 3.06 bits per heavy atom. The van der Waals surface area contributed by atoms with Gasteiger partial charge in [-0.3, -0.25) is 9.78 Å². The Labute approximate surface area is 101 Å². The van der Waals surface area contributed by atoms with Crippen molar-refractivity contribution in [3.05, 3.63) is 30.1 Å². The number of nitrogens with one attached hydrogen (secondary N) is 1. The quantitative estimate of drug-likeness (QED) is 0.708. The third kappa shape index (κ3) is 5.99. The van der Waals surface area contributed by atoms with Gasteiger partial charge in [-0.25, -0.2) is 0 Å². The summed E-state index contributed by atoms with van der Waals surface area (Å²) in [6.45, 7) is 0.440. The summed E-state index contributed by atoms with van der Waals surface area (Å²) in [6, 6.07) is 5.61. The van der Waals surface area contributed by atoms with Crippen molar-refractivity contribution in [2.75, 3.05) is 20.3 Å². The lowest BCUT2D eigenvalue weighted by Gasteiger charge is -2.10. The summed E-state index contributed by atoms with van der Waals surface area (Å²) < 4.78 is 4.75. The molecule has 0 spiro atoms. The highest BCUT2D eigenvalue weighted by Crippen LogP contribution is 1.98. The number of aliphatic hydroxyl groups excluding tert-OH is 1. The first-order chi connectivity index (χ1) is 8.22. The molecule has 2 N–H and O–H groups in total. The number of rotatable bonds is 7. The fourth-order valence-electron chi connectivity index (χ4n) is 1.36. The summed E-state index contributed by atoms with van der Waals surface area (Å²) >= 11 is 0. The Bertz CT molecular complexity index is 330. The SMILES string of the molecule is COCC(O)CNC(=O)CCc1ccccn1. The molecule has 1 aromatic rings. The van der Waals surface area contributed by atoms with Crippen molar-refractivity contribution in [1.29, 1.82) is 0 Å². The van der Waals surface area contributed by atoms with Crippen LogP contribution in [0.3, 0.4) is 0 Å². The highest BCUT2D eigenvalue weighted by Gasteiger charge is 2.06. The van der Waals surface area contributed by atoms with Crippen LogP contribution >= 0.6 is 0 Å². The molecule has 1 amide bonds. The molecule has 1 heterocycles. The van der Waals surface area contributed by atoms with Crippen molar-refractivity contribution in [3.8, 4) is 0 Å². The molecule has 1 aromatic heterocycles. The predicted molar refractivity (Wildman–Crippen MR) is 63.5 cm³/mol. The highest BCUT2D eigenvalue weighted by atomic mass is 16.5. The van der Waals surface area contributed by atoms with E-state index in [4.69, 9.17) is 4.74 Å². The molecular weight excluding hydrogens is 220 g/mol. The molecular formula is C12H18N2O3. The Kier molecular flexibility index (Phi) is 6.21. The Morgan fingerprint density at radius 2 is 2.41 bits per heavy atom. The molecule has 0 aliphatic rings. The molecule has 0 aliphatic carbocycles. The summed E-state index contributed by atoms with van der Waals surface area (Å²) in [5, 5.41) is 12.0. The lowest BCUT2D eigenvalue weighted by molar-refractivity contribution is -0.121. The average molecular weight is 238 g/mol. The van der Waals surface area contributed by atoms with Gasteiger partial charge in [-0.05, 0) is 18.6 Å². The molecule has 0 aliphatic heterocycles. The van der Waals surface area contributed by atoms with Crippen LogP contribution in [0.25, 0.3) is 0 Å². The first-order valence-corrected chi connectivity index (χ1v) is 5.56. The number of aromatic nitrogens is 1. The van der Waals surface area contributed by atoms with E-state index >= 15 is 0 Å². The van der Waals surface area contributed by atoms with E-state index in [0.717, 1.165) is 5.69 Å². The average Bonchev–Trinajstić information content (AvgIpc) is 2.35. The van der Waals surface area contributed by atoms with Gasteiger partial charge < -0.3 is 15.2 Å². The topological polar surface area (TPSA) is 71.5 Å². The van der Waals surface area contributed by atoms with Crippen LogP contribution in [0, 0.1) is 0 Å². The molecule has 0 fully saturated rings. The zero-order valence-electron chi connectivity index (χ0n) is 9.93. The third-order valence-electron chi connectivity index (χ3n) is 2.23. The second-order valence-electron chi connectivity index (χ2n) is 3.73. The first-order valence-electron chi connectivity index (χ1n) is 5.56. The van der Waals surface area contributed by atoms with Gasteiger partial charge in [0.25, 0.3) is 0 Å². The molecule has 94 valence electrons. The Hall–Kier alpha value is -1.46. The van der Waals surface area contributed by atoms with Gasteiger partial charge >= 0.3 is 0 Å². The monoisotopic (exact) mass is 238 g/mol. The number of pyridine rings is 1. The molecule has 0 saturated heterocycles. The second kappa shape index (κ2) is 7.76. The number of carbonyl (C=O) groups excluding carboxylic acids is 1. The summed E-state index contributed by atoms with van der Waals surface area (Å²) in [5.41, 5.74) is 0.889. The fourth-order valence-corrected chi connectivity index (χ4v) is 1.36. The first kappa shape index (κ1) is 13.6. The van der Waals surface area contributed by atoms with E-state index in [2.05, 4.69) is 10.3 Å². The van der Waals surface area contributed by atoms with E-state index in [1.54, 1.807) is 6.20 Å². The molecule has 0 aromatic carbocycles. The molecule has 1 atom stereocenters. The van der Waals surface area contributed by atoms with Crippen LogP contribution in [0.15, 0.2) is 24.4 Å². The maximum atomic E-state index is 11.4. The van der Waals surface area contributed by atoms with E-state index in [-0.39, 0.29) is 19.1 Å². The van der Waals surface area contributed by atoms with E-state index in [1.807, 2.05) is 18.2 Å². The van der Waals surface area contributed by atoms with Crippen LogP contribution in [0.2, 0.25) is 0 Å². The molecule has 0 bridgehead atoms.